The molecule has 2 heterocycles. The maximum atomic E-state index is 5.80. The normalized spacial score (nSPS) is 11.3. The Morgan fingerprint density at radius 2 is 0.421 bits per heavy atom. The van der Waals surface area contributed by atoms with Crippen LogP contribution in [0.1, 0.15) is 0 Å². The van der Waals surface area contributed by atoms with Crippen LogP contribution in [0.25, 0.3) is 154 Å². The van der Waals surface area contributed by atoms with Gasteiger partial charge in [0.2, 0.25) is 0 Å². The number of nitrogen functional groups attached to an aromatic ring is 1. The minimum absolute atomic E-state index is 0.787. The van der Waals surface area contributed by atoms with Crippen LogP contribution >= 0.6 is 15.9 Å². The van der Waals surface area contributed by atoms with E-state index in [-0.39, 0.29) is 0 Å². The summed E-state index contributed by atoms with van der Waals surface area (Å²) in [5.74, 6) is 0. The van der Waals surface area contributed by atoms with E-state index in [0.717, 1.165) is 38.6 Å². The second-order valence-corrected chi connectivity index (χ2v) is 28.0. The van der Waals surface area contributed by atoms with Crippen LogP contribution in [-0.4, -0.2) is 9.13 Å². The van der Waals surface area contributed by atoms with E-state index in [4.69, 9.17) is 5.73 Å². The van der Waals surface area contributed by atoms with Gasteiger partial charge in [0.1, 0.15) is 0 Å². The molecule has 18 aromatic carbocycles. The summed E-state index contributed by atoms with van der Waals surface area (Å²) in [6, 6.07) is 150. The molecule has 20 rings (SSSR count). The first kappa shape index (κ1) is 65.4. The highest BCUT2D eigenvalue weighted by Crippen LogP contribution is 2.41. The van der Waals surface area contributed by atoms with E-state index in [1.807, 2.05) is 12.1 Å². The zero-order valence-corrected chi connectivity index (χ0v) is 60.2. The number of nitrogens with zero attached hydrogens (tertiary/aromatic N) is 3. The van der Waals surface area contributed by atoms with Crippen molar-refractivity contribution in [2.24, 2.45) is 0 Å². The molecular weight excluding hydrogens is 1360 g/mol. The number of rotatable bonds is 11. The molecule has 107 heavy (non-hydrogen) atoms. The topological polar surface area (TPSA) is 39.1 Å². The highest BCUT2D eigenvalue weighted by Gasteiger charge is 2.18. The SMILES string of the molecule is Brc1ccc(-c2ccc(-c3cccc4ccccc34)cc2)cc1.Nc1ccc(-n2c3ccccc3c3ccccc32)cc1.c1ccc2c(-c3ccc(-c4ccc(N(c5ccc(-c6ccc(-c7cccc8ccccc78)cc6)cc5)c5ccc(-n6c7ccccc7c7ccccc76)cc5)cc4)cc3)cccc2c1. The van der Waals surface area contributed by atoms with Gasteiger partial charge in [-0.25, -0.2) is 0 Å². The number of aromatic nitrogens is 2. The second-order valence-electron chi connectivity index (χ2n) is 27.1. The minimum Gasteiger partial charge on any atom is -0.399 e. The van der Waals surface area contributed by atoms with Crippen molar-refractivity contribution in [3.63, 3.8) is 0 Å². The molecule has 4 nitrogen and oxygen atoms in total. The lowest BCUT2D eigenvalue weighted by Crippen LogP contribution is -2.10. The molecule has 2 aromatic heterocycles. The van der Waals surface area contributed by atoms with Crippen molar-refractivity contribution in [2.45, 2.75) is 0 Å². The molecule has 0 saturated heterocycles. The highest BCUT2D eigenvalue weighted by atomic mass is 79.9. The summed E-state index contributed by atoms with van der Waals surface area (Å²) in [4.78, 5) is 2.36. The van der Waals surface area contributed by atoms with Gasteiger partial charge in [0, 0.05) is 60.1 Å². The van der Waals surface area contributed by atoms with Crippen LogP contribution < -0.4 is 10.6 Å². The Morgan fingerprint density at radius 3 is 0.729 bits per heavy atom. The molecule has 0 aliphatic heterocycles. The Balaban J connectivity index is 0.000000151. The Hall–Kier alpha value is -13.6. The summed E-state index contributed by atoms with van der Waals surface area (Å²) in [7, 11) is 0. The first-order valence-corrected chi connectivity index (χ1v) is 37.1. The quantitative estimate of drug-likeness (QED) is 0.131. The summed E-state index contributed by atoms with van der Waals surface area (Å²) >= 11 is 3.48. The molecule has 0 spiro atoms. The van der Waals surface area contributed by atoms with Crippen molar-refractivity contribution in [2.75, 3.05) is 10.6 Å². The van der Waals surface area contributed by atoms with E-state index in [1.165, 1.54) is 143 Å². The predicted molar refractivity (Wildman–Crippen MR) is 460 cm³/mol. The van der Waals surface area contributed by atoms with E-state index >= 15 is 0 Å². The molecule has 0 bridgehead atoms. The summed E-state index contributed by atoms with van der Waals surface area (Å²) < 4.78 is 5.76. The van der Waals surface area contributed by atoms with Crippen LogP contribution in [0.5, 0.6) is 0 Å². The van der Waals surface area contributed by atoms with E-state index < -0.39 is 0 Å². The van der Waals surface area contributed by atoms with Crippen LogP contribution in [-0.2, 0) is 0 Å². The smallest absolute Gasteiger partial charge is 0.0541 e. The van der Waals surface area contributed by atoms with Crippen molar-refractivity contribution < 1.29 is 0 Å². The third-order valence-corrected chi connectivity index (χ3v) is 21.3. The molecule has 0 unspecified atom stereocenters. The van der Waals surface area contributed by atoms with E-state index in [1.54, 1.807) is 0 Å². The Morgan fingerprint density at radius 1 is 0.196 bits per heavy atom. The molecule has 2 N–H and O–H groups in total. The Bertz CT molecular complexity index is 6290. The van der Waals surface area contributed by atoms with Gasteiger partial charge in [-0.2, -0.15) is 0 Å². The molecule has 506 valence electrons. The van der Waals surface area contributed by atoms with Gasteiger partial charge in [0.05, 0.1) is 22.1 Å². The number of para-hydroxylation sites is 4. The van der Waals surface area contributed by atoms with Gasteiger partial charge in [-0.3, -0.25) is 0 Å². The minimum atomic E-state index is 0.787. The molecule has 0 aliphatic carbocycles. The predicted octanol–water partition coefficient (Wildman–Crippen LogP) is 28.5. The fourth-order valence-electron chi connectivity index (χ4n) is 15.4. The first-order chi connectivity index (χ1) is 52.9. The van der Waals surface area contributed by atoms with Crippen molar-refractivity contribution in [1.29, 1.82) is 0 Å². The van der Waals surface area contributed by atoms with Gasteiger partial charge in [-0.05, 0) is 208 Å². The number of anilines is 4. The average molecular weight is 1430 g/mol. The summed E-state index contributed by atoms with van der Waals surface area (Å²) in [5.41, 5.74) is 31.7. The van der Waals surface area contributed by atoms with Crippen LogP contribution in [0.3, 0.4) is 0 Å². The summed E-state index contributed by atoms with van der Waals surface area (Å²) in [6.07, 6.45) is 0. The Labute approximate surface area is 631 Å². The average Bonchev–Trinajstić information content (AvgIpc) is 1.53. The van der Waals surface area contributed by atoms with Crippen LogP contribution in [0.4, 0.5) is 22.7 Å². The number of hydrogen-bond donors (Lipinski definition) is 1. The fraction of sp³-hybridized carbons (Fsp3) is 0. The number of halogens is 1. The lowest BCUT2D eigenvalue weighted by Gasteiger charge is -2.26. The van der Waals surface area contributed by atoms with Gasteiger partial charge in [0.15, 0.2) is 0 Å². The third kappa shape index (κ3) is 13.0. The second kappa shape index (κ2) is 28.9. The molecule has 0 radical (unpaired) electrons. The maximum absolute atomic E-state index is 5.80. The standard InChI is InChI=1S/C62H42N2.C22H15Br.C18H14N2/c1-3-15-55-47(11-1)13-9-19-57(55)49-27-23-43(24-28-49)45-31-35-51(36-32-45)63(53-39-41-54(42-40-53)64-61-21-7-5-17-59(61)60-18-6-8-22-62(60)64)52-37-33-46(34-38-52)44-25-29-50(30-26-44)58-20-10-14-48-12-2-4-16-56(48)58;23-20-14-12-17(13-15-20)16-8-10-19(11-9-16)22-7-3-5-18-4-1-2-6-21(18)22;19-13-9-11-14(12-10-13)20-17-7-3-1-5-15(17)16-6-2-4-8-18(16)20/h1-42H;1-15H;1-12H,19H2. The van der Waals surface area contributed by atoms with Gasteiger partial charge < -0.3 is 19.8 Å². The molecule has 5 heteroatoms. The first-order valence-electron chi connectivity index (χ1n) is 36.3. The highest BCUT2D eigenvalue weighted by molar-refractivity contribution is 9.10. The lowest BCUT2D eigenvalue weighted by molar-refractivity contribution is 1.17. The van der Waals surface area contributed by atoms with Gasteiger partial charge >= 0.3 is 0 Å². The number of benzene rings is 18. The molecule has 20 aromatic rings. The fourth-order valence-corrected chi connectivity index (χ4v) is 15.7. The van der Waals surface area contributed by atoms with Crippen molar-refractivity contribution in [3.8, 4) is 78.1 Å². The number of hydrogen-bond acceptors (Lipinski definition) is 2. The van der Waals surface area contributed by atoms with Crippen LogP contribution in [0.15, 0.2) is 423 Å². The third-order valence-electron chi connectivity index (χ3n) is 20.7. The zero-order chi connectivity index (χ0) is 71.6. The van der Waals surface area contributed by atoms with Gasteiger partial charge in [-0.1, -0.05) is 325 Å². The Kier molecular flexibility index (Phi) is 17.7. The molecule has 0 saturated carbocycles. The maximum Gasteiger partial charge on any atom is 0.0541 e. The molecule has 0 aliphatic rings. The number of nitrogens with two attached hydrogens (primary N) is 1. The largest absolute Gasteiger partial charge is 0.399 e. The van der Waals surface area contributed by atoms with Gasteiger partial charge in [0.25, 0.3) is 0 Å². The monoisotopic (exact) mass is 1430 g/mol. The van der Waals surface area contributed by atoms with Crippen molar-refractivity contribution in [3.05, 3.63) is 423 Å². The number of fused-ring (bicyclic) bond motifs is 9. The lowest BCUT2D eigenvalue weighted by atomic mass is 9.96. The van der Waals surface area contributed by atoms with E-state index in [2.05, 4.69) is 436 Å². The van der Waals surface area contributed by atoms with E-state index in [9.17, 15) is 0 Å². The summed E-state index contributed by atoms with van der Waals surface area (Å²) in [6.45, 7) is 0. The van der Waals surface area contributed by atoms with Crippen LogP contribution in [0, 0.1) is 0 Å². The molecule has 0 atom stereocenters. The van der Waals surface area contributed by atoms with E-state index in [0.29, 0.717) is 0 Å². The van der Waals surface area contributed by atoms with Crippen LogP contribution in [0.2, 0.25) is 0 Å². The van der Waals surface area contributed by atoms with Gasteiger partial charge in [-0.15, -0.1) is 0 Å². The van der Waals surface area contributed by atoms with Crippen molar-refractivity contribution in [1.82, 2.24) is 9.13 Å². The molecular formula is C102H71BrN4. The van der Waals surface area contributed by atoms with Crippen molar-refractivity contribution >= 4 is 115 Å². The molecule has 0 fully saturated rings. The molecule has 0 amide bonds. The zero-order valence-electron chi connectivity index (χ0n) is 58.6. The summed E-state index contributed by atoms with van der Waals surface area (Å²) in [5, 5.41) is 12.7.